The van der Waals surface area contributed by atoms with E-state index in [1.165, 1.54) is 54.9 Å². The Hall–Kier alpha value is -5.59. The van der Waals surface area contributed by atoms with Gasteiger partial charge in [-0.2, -0.15) is 0 Å². The van der Waals surface area contributed by atoms with Gasteiger partial charge in [-0.3, -0.25) is 0 Å². The van der Waals surface area contributed by atoms with Crippen LogP contribution in [0, 0.1) is 39.5 Å². The van der Waals surface area contributed by atoms with Gasteiger partial charge < -0.3 is 34.2 Å². The molecule has 2 heterocycles. The Labute approximate surface area is 578 Å². The van der Waals surface area contributed by atoms with E-state index in [0.29, 0.717) is 10.0 Å². The molecule has 2 N–H and O–H groups in total. The third-order valence-electron chi connectivity index (χ3n) is 17.9. The molecule has 10 aromatic rings. The van der Waals surface area contributed by atoms with Gasteiger partial charge in [-0.1, -0.05) is 212 Å². The predicted molar refractivity (Wildman–Crippen MR) is 397 cm³/mol. The quantitative estimate of drug-likeness (QED) is 0.118. The minimum Gasteiger partial charge on any atom is -0.505 e. The van der Waals surface area contributed by atoms with E-state index in [2.05, 4.69) is 271 Å². The maximum Gasteiger partial charge on any atom is 0.147 e. The van der Waals surface area contributed by atoms with Crippen molar-refractivity contribution < 1.29 is 36.1 Å². The fourth-order valence-electron chi connectivity index (χ4n) is 13.9. The molecule has 0 fully saturated rings. The van der Waals surface area contributed by atoms with Gasteiger partial charge in [0.1, 0.15) is 11.5 Å². The molecule has 0 spiro atoms. The average molecular weight is 1430 g/mol. The molecule has 7 heteroatoms. The van der Waals surface area contributed by atoms with Crippen LogP contribution in [0.4, 0.5) is 0 Å². The van der Waals surface area contributed by atoms with Crippen LogP contribution in [0.2, 0.25) is 10.0 Å². The number of fused-ring (bicyclic) bond motifs is 6. The molecule has 0 unspecified atom stereocenters. The first-order chi connectivity index (χ1) is 40.3. The summed E-state index contributed by atoms with van der Waals surface area (Å²) in [5.74, 6) is 0.529. The van der Waals surface area contributed by atoms with Gasteiger partial charge in [0.2, 0.25) is 0 Å². The predicted octanol–water partition coefficient (Wildman–Crippen LogP) is 25.8. The SMILES string of the molecule is Cc1cc(Cl)cc(-c2cc(C(C)(C)CC(C)(C)C)cc(-n3c4ccc(C(C)(C)C)cc4c4cc(C(C)(C)C)ccc43)c2O)c1.Cc1cc(Cl)cc(-c2cc(C(C)(C)CC(C)(C)C)cc(-n3c4ccc(C(C)(C)C)cc4c4cc(C(C)(C)C)ccc43)c2O)c1.[CH3-].[CH3-].[Hf]. The Morgan fingerprint density at radius 2 is 0.582 bits per heavy atom. The second kappa shape index (κ2) is 26.0. The van der Waals surface area contributed by atoms with Crippen molar-refractivity contribution in [3.8, 4) is 45.1 Å². The molecule has 0 aliphatic heterocycles. The molecule has 0 radical (unpaired) electrons. The van der Waals surface area contributed by atoms with Crippen molar-refractivity contribution >= 4 is 66.8 Å². The van der Waals surface area contributed by atoms with Crippen molar-refractivity contribution in [3.05, 3.63) is 203 Å². The van der Waals surface area contributed by atoms with Crippen molar-refractivity contribution in [2.24, 2.45) is 10.8 Å². The molecule has 484 valence electrons. The van der Waals surface area contributed by atoms with Crippen LogP contribution in [0.3, 0.4) is 0 Å². The smallest absolute Gasteiger partial charge is 0.147 e. The van der Waals surface area contributed by atoms with Crippen LogP contribution in [0.15, 0.2) is 133 Å². The number of aryl methyl sites for hydroxylation is 2. The van der Waals surface area contributed by atoms with Crippen LogP contribution >= 0.6 is 23.2 Å². The number of hydrogen-bond acceptors (Lipinski definition) is 2. The summed E-state index contributed by atoms with van der Waals surface area (Å²) < 4.78 is 4.55. The molecule has 10 rings (SSSR count). The Morgan fingerprint density at radius 1 is 0.330 bits per heavy atom. The van der Waals surface area contributed by atoms with Crippen LogP contribution in [-0.2, 0) is 58.3 Å². The summed E-state index contributed by atoms with van der Waals surface area (Å²) in [6.45, 7) is 54.3. The molecule has 0 aliphatic rings. The second-order valence-corrected chi connectivity index (χ2v) is 34.5. The molecule has 0 amide bonds. The number of aromatic hydroxyl groups is 2. The van der Waals surface area contributed by atoms with Crippen molar-refractivity contribution in [2.45, 2.75) is 212 Å². The third kappa shape index (κ3) is 15.8. The number of phenols is 2. The molecular weight excluding hydrogens is 1320 g/mol. The number of hydrogen-bond donors (Lipinski definition) is 2. The van der Waals surface area contributed by atoms with Gasteiger partial charge in [-0.15, -0.1) is 0 Å². The third-order valence-corrected chi connectivity index (χ3v) is 18.3. The molecule has 0 saturated carbocycles. The molecule has 2 aromatic heterocycles. The number of rotatable bonds is 8. The molecule has 8 aromatic carbocycles. The second-order valence-electron chi connectivity index (χ2n) is 33.7. The minimum absolute atomic E-state index is 0. The van der Waals surface area contributed by atoms with Crippen LogP contribution in [-0.4, -0.2) is 19.3 Å². The minimum atomic E-state index is -0.138. The van der Waals surface area contributed by atoms with Crippen LogP contribution in [0.5, 0.6) is 11.5 Å². The summed E-state index contributed by atoms with van der Waals surface area (Å²) >= 11 is 13.2. The normalized spacial score (nSPS) is 12.9. The zero-order valence-electron chi connectivity index (χ0n) is 60.2. The zero-order valence-corrected chi connectivity index (χ0v) is 65.3. The van der Waals surface area contributed by atoms with Gasteiger partial charge >= 0.3 is 0 Å². The van der Waals surface area contributed by atoms with E-state index >= 15 is 0 Å². The van der Waals surface area contributed by atoms with Crippen molar-refractivity contribution in [3.63, 3.8) is 0 Å². The van der Waals surface area contributed by atoms with Crippen LogP contribution in [0.1, 0.15) is 210 Å². The molecule has 4 nitrogen and oxygen atoms in total. The number of benzene rings is 8. The average Bonchev–Trinajstić information content (AvgIpc) is 1.63. The standard InChI is InChI=1S/2C41H50ClNO.2CH3.Hf/c2*1-25-17-26(19-30(42)18-25)31-22-29(41(11,12)24-38(2,3)4)23-36(37(31)44)43-34-15-13-27(39(5,6)7)20-32(34)33-21-28(40(8,9)10)14-16-35(33)43;;;/h2*13-23,44H,24H2,1-12H3;2*1H3;/q;;2*-1;. The maximum atomic E-state index is 12.2. The first-order valence-corrected chi connectivity index (χ1v) is 32.6. The summed E-state index contributed by atoms with van der Waals surface area (Å²) in [6.07, 6.45) is 1.99. The van der Waals surface area contributed by atoms with Gasteiger partial charge in [0.05, 0.1) is 33.4 Å². The first kappa shape index (κ1) is 74.4. The summed E-state index contributed by atoms with van der Waals surface area (Å²) in [7, 11) is 0. The fraction of sp³-hybridized carbons (Fsp3) is 0.405. The van der Waals surface area contributed by atoms with Gasteiger partial charge in [0.25, 0.3) is 0 Å². The van der Waals surface area contributed by atoms with Crippen LogP contribution < -0.4 is 0 Å². The fourth-order valence-corrected chi connectivity index (χ4v) is 14.5. The van der Waals surface area contributed by atoms with Gasteiger partial charge in [-0.25, -0.2) is 0 Å². The molecule has 91 heavy (non-hydrogen) atoms. The van der Waals surface area contributed by atoms with E-state index in [9.17, 15) is 10.2 Å². The largest absolute Gasteiger partial charge is 0.505 e. The molecule has 0 saturated heterocycles. The zero-order chi connectivity index (χ0) is 65.1. The van der Waals surface area contributed by atoms with Crippen molar-refractivity contribution in [1.82, 2.24) is 9.13 Å². The van der Waals surface area contributed by atoms with E-state index in [0.717, 1.165) is 79.7 Å². The van der Waals surface area contributed by atoms with E-state index in [4.69, 9.17) is 23.2 Å². The summed E-state index contributed by atoms with van der Waals surface area (Å²) in [4.78, 5) is 0. The van der Waals surface area contributed by atoms with E-state index < -0.39 is 0 Å². The first-order valence-electron chi connectivity index (χ1n) is 31.8. The number of nitrogens with zero attached hydrogens (tertiary/aromatic N) is 2. The van der Waals surface area contributed by atoms with Crippen molar-refractivity contribution in [2.75, 3.05) is 0 Å². The van der Waals surface area contributed by atoms with E-state index in [1.54, 1.807) is 0 Å². The van der Waals surface area contributed by atoms with Crippen molar-refractivity contribution in [1.29, 1.82) is 0 Å². The summed E-state index contributed by atoms with van der Waals surface area (Å²) in [6, 6.07) is 48.2. The van der Waals surface area contributed by atoms with E-state index in [-0.39, 0.29) is 95.5 Å². The van der Waals surface area contributed by atoms with Gasteiger partial charge in [0.15, 0.2) is 0 Å². The Kier molecular flexibility index (Phi) is 21.2. The maximum absolute atomic E-state index is 12.2. The topological polar surface area (TPSA) is 50.3 Å². The Morgan fingerprint density at radius 3 is 0.802 bits per heavy atom. The Balaban J connectivity index is 0.000000280. The van der Waals surface area contributed by atoms with Gasteiger partial charge in [-0.05, 0) is 223 Å². The summed E-state index contributed by atoms with van der Waals surface area (Å²) in [5, 5.41) is 30.6. The number of phenolic OH excluding ortho intramolecular Hbond substituents is 2. The molecule has 0 bridgehead atoms. The number of aromatic nitrogens is 2. The molecule has 0 aliphatic carbocycles. The van der Waals surface area contributed by atoms with E-state index in [1.807, 2.05) is 38.1 Å². The van der Waals surface area contributed by atoms with Crippen LogP contribution in [0.25, 0.3) is 77.2 Å². The Bertz CT molecular complexity index is 3870. The molecular formula is C84H106Cl2HfN2O2-2. The summed E-state index contributed by atoms with van der Waals surface area (Å²) in [5.41, 5.74) is 19.2. The number of halogens is 2. The monoisotopic (exact) mass is 1420 g/mol. The molecule has 0 atom stereocenters. The van der Waals surface area contributed by atoms with Gasteiger partial charge in [0, 0.05) is 68.6 Å².